The normalized spacial score (nSPS) is 30.8. The quantitative estimate of drug-likeness (QED) is 0.774. The first-order chi connectivity index (χ1) is 8.17. The van der Waals surface area contributed by atoms with Crippen LogP contribution in [0.3, 0.4) is 0 Å². The summed E-state index contributed by atoms with van der Waals surface area (Å²) in [5, 5.41) is 12.0. The lowest BCUT2D eigenvalue weighted by Gasteiger charge is -2.32. The Labute approximate surface area is 106 Å². The van der Waals surface area contributed by atoms with E-state index < -0.39 is 0 Å². The van der Waals surface area contributed by atoms with Crippen LogP contribution < -0.4 is 5.32 Å². The zero-order valence-electron chi connectivity index (χ0n) is 11.4. The molecule has 0 heterocycles. The van der Waals surface area contributed by atoms with E-state index in [-0.39, 0.29) is 6.04 Å². The molecule has 17 heavy (non-hydrogen) atoms. The molecule has 0 aromatic heterocycles. The molecule has 0 saturated heterocycles. The molecule has 0 aliphatic heterocycles. The van der Waals surface area contributed by atoms with Crippen molar-refractivity contribution in [3.8, 4) is 6.07 Å². The molecule has 0 spiro atoms. The first kappa shape index (κ1) is 14.5. The average molecular weight is 238 g/mol. The molecule has 3 nitrogen and oxygen atoms in total. The topological polar surface area (TPSA) is 45.0 Å². The third-order valence-corrected chi connectivity index (χ3v) is 3.92. The highest BCUT2D eigenvalue weighted by atomic mass is 16.5. The van der Waals surface area contributed by atoms with E-state index in [1.807, 2.05) is 6.92 Å². The van der Waals surface area contributed by atoms with Gasteiger partial charge in [-0.05, 0) is 44.1 Å². The Morgan fingerprint density at radius 2 is 2.12 bits per heavy atom. The summed E-state index contributed by atoms with van der Waals surface area (Å²) < 4.78 is 5.89. The van der Waals surface area contributed by atoms with Crippen LogP contribution in [0, 0.1) is 23.2 Å². The maximum Gasteiger partial charge on any atom is 0.0974 e. The van der Waals surface area contributed by atoms with Gasteiger partial charge in [-0.3, -0.25) is 0 Å². The molecule has 4 unspecified atom stereocenters. The van der Waals surface area contributed by atoms with Gasteiger partial charge in [-0.2, -0.15) is 5.26 Å². The van der Waals surface area contributed by atoms with Gasteiger partial charge in [-0.1, -0.05) is 20.8 Å². The van der Waals surface area contributed by atoms with Crippen LogP contribution >= 0.6 is 0 Å². The summed E-state index contributed by atoms with van der Waals surface area (Å²) in [6.07, 6.45) is 4.86. The summed E-state index contributed by atoms with van der Waals surface area (Å²) in [6, 6.07) is 2.21. The lowest BCUT2D eigenvalue weighted by molar-refractivity contribution is 0.000335. The van der Waals surface area contributed by atoms with Crippen molar-refractivity contribution in [2.24, 2.45) is 11.8 Å². The van der Waals surface area contributed by atoms with Crippen LogP contribution in [0.1, 0.15) is 46.5 Å². The van der Waals surface area contributed by atoms with Crippen LogP contribution in [0.2, 0.25) is 0 Å². The van der Waals surface area contributed by atoms with Gasteiger partial charge in [-0.25, -0.2) is 0 Å². The monoisotopic (exact) mass is 238 g/mol. The van der Waals surface area contributed by atoms with E-state index in [0.29, 0.717) is 12.7 Å². The van der Waals surface area contributed by atoms with Gasteiger partial charge in [-0.15, -0.1) is 0 Å². The Hall–Kier alpha value is -0.590. The Balaban J connectivity index is 2.16. The Bertz CT molecular complexity index is 249. The molecule has 0 aromatic carbocycles. The zero-order valence-corrected chi connectivity index (χ0v) is 11.4. The fraction of sp³-hybridized carbons (Fsp3) is 0.929. The van der Waals surface area contributed by atoms with Gasteiger partial charge in [0.2, 0.25) is 0 Å². The first-order valence-electron chi connectivity index (χ1n) is 6.92. The molecule has 0 radical (unpaired) electrons. The molecular weight excluding hydrogens is 212 g/mol. The second-order valence-corrected chi connectivity index (χ2v) is 5.29. The number of hydrogen-bond acceptors (Lipinski definition) is 3. The van der Waals surface area contributed by atoms with Crippen molar-refractivity contribution in [2.75, 3.05) is 13.2 Å². The van der Waals surface area contributed by atoms with Gasteiger partial charge < -0.3 is 10.1 Å². The van der Waals surface area contributed by atoms with Crippen molar-refractivity contribution in [3.05, 3.63) is 0 Å². The minimum absolute atomic E-state index is 0.0556. The SMILES string of the molecule is CCNC(C#N)CCOC1CCC(C)C(C)C1. The number of nitrogens with zero attached hydrogens (tertiary/aromatic N) is 1. The third-order valence-electron chi connectivity index (χ3n) is 3.92. The van der Waals surface area contributed by atoms with Crippen LogP contribution in [0.15, 0.2) is 0 Å². The van der Waals surface area contributed by atoms with Crippen molar-refractivity contribution < 1.29 is 4.74 Å². The summed E-state index contributed by atoms with van der Waals surface area (Å²) in [4.78, 5) is 0. The van der Waals surface area contributed by atoms with Crippen LogP contribution in [-0.2, 0) is 4.74 Å². The Morgan fingerprint density at radius 1 is 1.35 bits per heavy atom. The van der Waals surface area contributed by atoms with E-state index in [2.05, 4.69) is 25.2 Å². The van der Waals surface area contributed by atoms with E-state index in [1.165, 1.54) is 19.3 Å². The van der Waals surface area contributed by atoms with Gasteiger partial charge in [0.05, 0.1) is 18.2 Å². The van der Waals surface area contributed by atoms with Gasteiger partial charge in [0.1, 0.15) is 0 Å². The highest BCUT2D eigenvalue weighted by Crippen LogP contribution is 2.30. The summed E-state index contributed by atoms with van der Waals surface area (Å²) in [7, 11) is 0. The molecule has 1 N–H and O–H groups in total. The van der Waals surface area contributed by atoms with Crippen molar-refractivity contribution in [1.82, 2.24) is 5.32 Å². The predicted octanol–water partition coefficient (Wildman–Crippen LogP) is 2.72. The van der Waals surface area contributed by atoms with Crippen LogP contribution in [0.5, 0.6) is 0 Å². The molecule has 4 atom stereocenters. The molecule has 98 valence electrons. The maximum atomic E-state index is 8.90. The fourth-order valence-corrected chi connectivity index (χ4v) is 2.46. The third kappa shape index (κ3) is 5.06. The van der Waals surface area contributed by atoms with Gasteiger partial charge in [0.25, 0.3) is 0 Å². The van der Waals surface area contributed by atoms with Crippen molar-refractivity contribution in [1.29, 1.82) is 5.26 Å². The maximum absolute atomic E-state index is 8.90. The van der Waals surface area contributed by atoms with Gasteiger partial charge >= 0.3 is 0 Å². The van der Waals surface area contributed by atoms with Gasteiger partial charge in [0, 0.05) is 6.61 Å². The Kier molecular flexibility index (Phi) is 6.54. The van der Waals surface area contributed by atoms with Crippen molar-refractivity contribution in [2.45, 2.75) is 58.6 Å². The number of ether oxygens (including phenoxy) is 1. The predicted molar refractivity (Wildman–Crippen MR) is 69.6 cm³/mol. The highest BCUT2D eigenvalue weighted by molar-refractivity contribution is 4.89. The highest BCUT2D eigenvalue weighted by Gasteiger charge is 2.24. The summed E-state index contributed by atoms with van der Waals surface area (Å²) in [6.45, 7) is 8.22. The largest absolute Gasteiger partial charge is 0.378 e. The zero-order chi connectivity index (χ0) is 12.7. The molecule has 0 bridgehead atoms. The molecule has 1 fully saturated rings. The van der Waals surface area contributed by atoms with E-state index in [4.69, 9.17) is 10.00 Å². The van der Waals surface area contributed by atoms with E-state index >= 15 is 0 Å². The van der Waals surface area contributed by atoms with Gasteiger partial charge in [0.15, 0.2) is 0 Å². The molecule has 1 aliphatic carbocycles. The molecule has 0 aromatic rings. The lowest BCUT2D eigenvalue weighted by Crippen LogP contribution is -2.31. The fourth-order valence-electron chi connectivity index (χ4n) is 2.46. The molecular formula is C14H26N2O. The smallest absolute Gasteiger partial charge is 0.0974 e. The standard InChI is InChI=1S/C14H26N2O/c1-4-16-13(10-15)7-8-17-14-6-5-11(2)12(3)9-14/h11-14,16H,4-9H2,1-3H3. The number of nitriles is 1. The summed E-state index contributed by atoms with van der Waals surface area (Å²) in [5.41, 5.74) is 0. The number of nitrogens with one attached hydrogen (secondary N) is 1. The minimum Gasteiger partial charge on any atom is -0.378 e. The molecule has 1 aliphatic rings. The number of rotatable bonds is 6. The molecule has 1 rings (SSSR count). The number of hydrogen-bond donors (Lipinski definition) is 1. The molecule has 1 saturated carbocycles. The summed E-state index contributed by atoms with van der Waals surface area (Å²) >= 11 is 0. The second-order valence-electron chi connectivity index (χ2n) is 5.29. The lowest BCUT2D eigenvalue weighted by atomic mass is 9.80. The molecule has 0 amide bonds. The Morgan fingerprint density at radius 3 is 2.71 bits per heavy atom. The second kappa shape index (κ2) is 7.68. The van der Waals surface area contributed by atoms with Crippen LogP contribution in [0.25, 0.3) is 0 Å². The van der Waals surface area contributed by atoms with Crippen molar-refractivity contribution in [3.63, 3.8) is 0 Å². The van der Waals surface area contributed by atoms with Crippen molar-refractivity contribution >= 4 is 0 Å². The van der Waals surface area contributed by atoms with E-state index in [1.54, 1.807) is 0 Å². The average Bonchev–Trinajstić information content (AvgIpc) is 2.32. The summed E-state index contributed by atoms with van der Waals surface area (Å²) in [5.74, 6) is 1.61. The first-order valence-corrected chi connectivity index (χ1v) is 6.92. The minimum atomic E-state index is -0.0556. The van der Waals surface area contributed by atoms with Crippen LogP contribution in [0.4, 0.5) is 0 Å². The molecule has 3 heteroatoms. The van der Waals surface area contributed by atoms with E-state index in [0.717, 1.165) is 24.8 Å². The van der Waals surface area contributed by atoms with E-state index in [9.17, 15) is 0 Å². The van der Waals surface area contributed by atoms with Crippen LogP contribution in [-0.4, -0.2) is 25.3 Å².